The quantitative estimate of drug-likeness (QED) is 0.626. The van der Waals surface area contributed by atoms with Gasteiger partial charge in [0.1, 0.15) is 0 Å². The van der Waals surface area contributed by atoms with E-state index in [1.165, 1.54) is 18.3 Å². The van der Waals surface area contributed by atoms with Crippen LogP contribution in [0, 0.1) is 6.92 Å². The van der Waals surface area contributed by atoms with Crippen molar-refractivity contribution in [2.45, 2.75) is 20.4 Å². The van der Waals surface area contributed by atoms with E-state index in [9.17, 15) is 9.59 Å². The molecule has 0 aliphatic heterocycles. The molecule has 0 radical (unpaired) electrons. The molecule has 0 aliphatic rings. The molecule has 26 heavy (non-hydrogen) atoms. The van der Waals surface area contributed by atoms with Crippen LogP contribution in [-0.4, -0.2) is 26.7 Å². The third-order valence-electron chi connectivity index (χ3n) is 3.73. The van der Waals surface area contributed by atoms with Crippen molar-refractivity contribution in [3.05, 3.63) is 52.8 Å². The molecule has 8 heteroatoms. The predicted molar refractivity (Wildman–Crippen MR) is 108 cm³/mol. The van der Waals surface area contributed by atoms with E-state index in [1.807, 2.05) is 31.2 Å². The average molecular weight is 406 g/mol. The summed E-state index contributed by atoms with van der Waals surface area (Å²) in [5.74, 6) is -0.0949. The summed E-state index contributed by atoms with van der Waals surface area (Å²) in [6, 6.07) is 7.47. The second-order valence-corrected chi connectivity index (χ2v) is 8.21. The summed E-state index contributed by atoms with van der Waals surface area (Å²) < 4.78 is 0.963. The monoisotopic (exact) mass is 405 g/mol. The van der Waals surface area contributed by atoms with E-state index in [2.05, 4.69) is 9.97 Å². The minimum absolute atomic E-state index is 0.0747. The van der Waals surface area contributed by atoms with E-state index < -0.39 is 0 Å². The molecule has 0 spiro atoms. The predicted octanol–water partition coefficient (Wildman–Crippen LogP) is 4.47. The van der Waals surface area contributed by atoms with Crippen LogP contribution in [0.1, 0.15) is 18.1 Å². The number of aryl methyl sites for hydroxylation is 1. The molecule has 1 amide bonds. The summed E-state index contributed by atoms with van der Waals surface area (Å²) >= 11 is 8.61. The topological polar surface area (TPSA) is 63.2 Å². The first-order valence-electron chi connectivity index (χ1n) is 7.84. The Labute approximate surface area is 164 Å². The summed E-state index contributed by atoms with van der Waals surface area (Å²) in [5, 5.41) is 1.14. The van der Waals surface area contributed by atoms with Crippen molar-refractivity contribution in [3.8, 4) is 0 Å². The van der Waals surface area contributed by atoms with Crippen LogP contribution in [0.15, 0.2) is 36.7 Å². The van der Waals surface area contributed by atoms with Gasteiger partial charge in [0.15, 0.2) is 10.2 Å². The lowest BCUT2D eigenvalue weighted by molar-refractivity contribution is -0.116. The molecule has 0 bridgehead atoms. The molecular weight excluding hydrogens is 390 g/mol. The average Bonchev–Trinajstić information content (AvgIpc) is 3.06. The Morgan fingerprint density at radius 3 is 2.81 bits per heavy atom. The maximum absolute atomic E-state index is 12.8. The molecule has 0 fully saturated rings. The van der Waals surface area contributed by atoms with Crippen LogP contribution in [0.3, 0.4) is 0 Å². The van der Waals surface area contributed by atoms with E-state index in [0.717, 1.165) is 33.1 Å². The molecule has 0 saturated heterocycles. The Balaban J connectivity index is 1.97. The number of carbonyl (C=O) groups is 2. The number of nitrogens with zero attached hydrogens (tertiary/aromatic N) is 3. The van der Waals surface area contributed by atoms with E-state index >= 15 is 0 Å². The fourth-order valence-electron chi connectivity index (χ4n) is 2.38. The Kier molecular flexibility index (Phi) is 5.90. The molecule has 2 heterocycles. The summed E-state index contributed by atoms with van der Waals surface area (Å²) in [7, 11) is 0. The number of amides is 1. The maximum Gasteiger partial charge on any atom is 0.239 e. The fourth-order valence-corrected chi connectivity index (χ4v) is 4.06. The lowest BCUT2D eigenvalue weighted by Crippen LogP contribution is -2.32. The Morgan fingerprint density at radius 1 is 1.31 bits per heavy atom. The van der Waals surface area contributed by atoms with Crippen molar-refractivity contribution in [1.29, 1.82) is 0 Å². The number of thiazole rings is 1. The zero-order chi connectivity index (χ0) is 18.7. The van der Waals surface area contributed by atoms with Gasteiger partial charge in [-0.3, -0.25) is 19.5 Å². The zero-order valence-electron chi connectivity index (χ0n) is 14.2. The van der Waals surface area contributed by atoms with Gasteiger partial charge in [0, 0.05) is 24.3 Å². The lowest BCUT2D eigenvalue weighted by Gasteiger charge is -2.19. The highest BCUT2D eigenvalue weighted by molar-refractivity contribution is 8.14. The molecule has 1 aromatic carbocycles. The van der Waals surface area contributed by atoms with Gasteiger partial charge in [0.25, 0.3) is 0 Å². The molecule has 0 N–H and O–H groups in total. The third-order valence-corrected chi connectivity index (χ3v) is 5.98. The van der Waals surface area contributed by atoms with Crippen molar-refractivity contribution < 1.29 is 9.59 Å². The van der Waals surface area contributed by atoms with Crippen LogP contribution < -0.4 is 4.90 Å². The van der Waals surface area contributed by atoms with Gasteiger partial charge in [0.2, 0.25) is 5.91 Å². The van der Waals surface area contributed by atoms with E-state index in [0.29, 0.717) is 16.7 Å². The number of hydrogen-bond acceptors (Lipinski definition) is 6. The van der Waals surface area contributed by atoms with Crippen LogP contribution in [0.5, 0.6) is 0 Å². The lowest BCUT2D eigenvalue weighted by atomic mass is 10.2. The van der Waals surface area contributed by atoms with E-state index in [4.69, 9.17) is 11.6 Å². The number of carbonyl (C=O) groups excluding carboxylic acids is 2. The molecule has 0 aliphatic carbocycles. The largest absolute Gasteiger partial charge is 0.288 e. The zero-order valence-corrected chi connectivity index (χ0v) is 16.6. The summed E-state index contributed by atoms with van der Waals surface area (Å²) in [6.07, 6.45) is 3.40. The molecule has 2 aromatic heterocycles. The third kappa shape index (κ3) is 4.23. The first-order chi connectivity index (χ1) is 12.5. The van der Waals surface area contributed by atoms with Gasteiger partial charge in [-0.1, -0.05) is 40.8 Å². The Bertz CT molecular complexity index is 960. The second kappa shape index (κ2) is 8.16. The highest BCUT2D eigenvalue weighted by atomic mass is 35.5. The number of benzene rings is 1. The Hall–Kier alpha value is -1.96. The SMILES string of the molecule is CC(=O)SCC(=O)N(Cc1cccnc1)c1nc2c(C)c(Cl)ccc2s1. The number of pyridine rings is 1. The summed E-state index contributed by atoms with van der Waals surface area (Å²) in [5.41, 5.74) is 2.57. The number of hydrogen-bond donors (Lipinski definition) is 0. The first kappa shape index (κ1) is 18.8. The summed E-state index contributed by atoms with van der Waals surface area (Å²) in [6.45, 7) is 3.71. The molecule has 5 nitrogen and oxygen atoms in total. The van der Waals surface area contributed by atoms with Crippen molar-refractivity contribution in [2.75, 3.05) is 10.7 Å². The van der Waals surface area contributed by atoms with Crippen LogP contribution in [-0.2, 0) is 16.1 Å². The van der Waals surface area contributed by atoms with E-state index in [1.54, 1.807) is 17.3 Å². The minimum atomic E-state index is -0.170. The number of anilines is 1. The van der Waals surface area contributed by atoms with Crippen molar-refractivity contribution in [3.63, 3.8) is 0 Å². The van der Waals surface area contributed by atoms with Gasteiger partial charge in [-0.2, -0.15) is 0 Å². The molecule has 0 atom stereocenters. The second-order valence-electron chi connectivity index (χ2n) is 5.64. The van der Waals surface area contributed by atoms with Gasteiger partial charge in [-0.25, -0.2) is 4.98 Å². The molecule has 134 valence electrons. The van der Waals surface area contributed by atoms with Crippen LogP contribution in [0.2, 0.25) is 5.02 Å². The van der Waals surface area contributed by atoms with Gasteiger partial charge in [-0.05, 0) is 36.2 Å². The molecule has 0 saturated carbocycles. The number of fused-ring (bicyclic) bond motifs is 1. The van der Waals surface area contributed by atoms with Crippen LogP contribution in [0.25, 0.3) is 10.2 Å². The van der Waals surface area contributed by atoms with Crippen LogP contribution in [0.4, 0.5) is 5.13 Å². The van der Waals surface area contributed by atoms with Crippen molar-refractivity contribution in [1.82, 2.24) is 9.97 Å². The van der Waals surface area contributed by atoms with Gasteiger partial charge in [-0.15, -0.1) is 0 Å². The molecular formula is C18H16ClN3O2S2. The number of halogens is 1. The van der Waals surface area contributed by atoms with Gasteiger partial charge in [0.05, 0.1) is 22.5 Å². The van der Waals surface area contributed by atoms with Crippen molar-refractivity contribution in [2.24, 2.45) is 0 Å². The minimum Gasteiger partial charge on any atom is -0.288 e. The molecule has 3 aromatic rings. The highest BCUT2D eigenvalue weighted by Crippen LogP contribution is 2.34. The summed E-state index contributed by atoms with van der Waals surface area (Å²) in [4.78, 5) is 34.3. The fraction of sp³-hybridized carbons (Fsp3) is 0.222. The van der Waals surface area contributed by atoms with Gasteiger partial charge < -0.3 is 0 Å². The molecule has 3 rings (SSSR count). The molecule has 0 unspecified atom stereocenters. The maximum atomic E-state index is 12.8. The van der Waals surface area contributed by atoms with Crippen LogP contribution >= 0.6 is 34.7 Å². The normalized spacial score (nSPS) is 10.9. The first-order valence-corrected chi connectivity index (χ1v) is 10.0. The Morgan fingerprint density at radius 2 is 2.12 bits per heavy atom. The number of aromatic nitrogens is 2. The van der Waals surface area contributed by atoms with Gasteiger partial charge >= 0.3 is 0 Å². The highest BCUT2D eigenvalue weighted by Gasteiger charge is 2.21. The van der Waals surface area contributed by atoms with Crippen molar-refractivity contribution >= 4 is 61.1 Å². The number of rotatable bonds is 5. The standard InChI is InChI=1S/C18H16ClN3O2S2/c1-11-14(19)5-6-15-17(11)21-18(26-15)22(16(24)10-25-12(2)23)9-13-4-3-7-20-8-13/h3-8H,9-10H2,1-2H3. The van der Waals surface area contributed by atoms with E-state index in [-0.39, 0.29) is 16.8 Å². The number of thioether (sulfide) groups is 1. The smallest absolute Gasteiger partial charge is 0.239 e.